The van der Waals surface area contributed by atoms with Crippen LogP contribution >= 0.6 is 0 Å². The summed E-state index contributed by atoms with van der Waals surface area (Å²) in [5.41, 5.74) is 13.3. The van der Waals surface area contributed by atoms with Gasteiger partial charge in [0.15, 0.2) is 5.82 Å². The minimum absolute atomic E-state index is 0.0714. The number of fused-ring (bicyclic) bond motifs is 3. The molecule has 5 N–H and O–H groups in total. The van der Waals surface area contributed by atoms with Crippen LogP contribution < -0.4 is 22.3 Å². The van der Waals surface area contributed by atoms with Crippen molar-refractivity contribution in [1.29, 1.82) is 0 Å². The molecular formula is C22H21N11O. The first kappa shape index (κ1) is 19.9. The molecule has 1 aliphatic rings. The minimum atomic E-state index is -0.472. The van der Waals surface area contributed by atoms with Gasteiger partial charge in [0, 0.05) is 48.7 Å². The third-order valence-corrected chi connectivity index (χ3v) is 6.07. The first-order valence-corrected chi connectivity index (χ1v) is 10.7. The molecule has 6 rings (SSSR count). The molecule has 0 unspecified atom stereocenters. The number of nitrogens with one attached hydrogen (secondary N) is 1. The lowest BCUT2D eigenvalue weighted by Crippen LogP contribution is -2.18. The number of anilines is 4. The SMILES string of the molecule is Cc1c(N)c(=O)ncn1-c1cc2cc(Nc3cc4n(n3)Cc3nccn3CC4)ncc2c(N)n1. The fourth-order valence-electron chi connectivity index (χ4n) is 4.18. The van der Waals surface area contributed by atoms with Crippen LogP contribution in [0.5, 0.6) is 0 Å². The lowest BCUT2D eigenvalue weighted by Gasteiger charge is -2.13. The van der Waals surface area contributed by atoms with Crippen molar-refractivity contribution in [3.8, 4) is 5.82 Å². The topological polar surface area (TPSA) is 160 Å². The predicted molar refractivity (Wildman–Crippen MR) is 127 cm³/mol. The maximum absolute atomic E-state index is 11.7. The molecule has 1 aliphatic heterocycles. The number of hydrogen-bond donors (Lipinski definition) is 3. The lowest BCUT2D eigenvalue weighted by atomic mass is 10.2. The quantitative estimate of drug-likeness (QED) is 0.365. The average Bonchev–Trinajstić information content (AvgIpc) is 3.39. The largest absolute Gasteiger partial charge is 0.393 e. The molecule has 0 bridgehead atoms. The van der Waals surface area contributed by atoms with Gasteiger partial charge >= 0.3 is 0 Å². The molecule has 0 saturated carbocycles. The smallest absolute Gasteiger partial charge is 0.296 e. The van der Waals surface area contributed by atoms with E-state index in [1.165, 1.54) is 6.33 Å². The van der Waals surface area contributed by atoms with Gasteiger partial charge in [0.25, 0.3) is 5.56 Å². The summed E-state index contributed by atoms with van der Waals surface area (Å²) in [6, 6.07) is 5.75. The Kier molecular flexibility index (Phi) is 4.33. The van der Waals surface area contributed by atoms with E-state index < -0.39 is 5.56 Å². The molecule has 5 aromatic rings. The highest BCUT2D eigenvalue weighted by Gasteiger charge is 2.16. The van der Waals surface area contributed by atoms with Crippen molar-refractivity contribution in [3.05, 3.63) is 70.7 Å². The first-order valence-electron chi connectivity index (χ1n) is 10.7. The molecule has 0 atom stereocenters. The van der Waals surface area contributed by atoms with Crippen molar-refractivity contribution < 1.29 is 0 Å². The maximum atomic E-state index is 11.7. The number of nitrogen functional groups attached to an aromatic ring is 2. The summed E-state index contributed by atoms with van der Waals surface area (Å²) >= 11 is 0. The molecular weight excluding hydrogens is 434 g/mol. The Hall–Kier alpha value is -4.74. The highest BCUT2D eigenvalue weighted by molar-refractivity contribution is 5.93. The second-order valence-electron chi connectivity index (χ2n) is 8.17. The highest BCUT2D eigenvalue weighted by atomic mass is 16.1. The van der Waals surface area contributed by atoms with Gasteiger partial charge in [0.2, 0.25) is 0 Å². The molecule has 12 heteroatoms. The van der Waals surface area contributed by atoms with Crippen molar-refractivity contribution in [1.82, 2.24) is 38.9 Å². The predicted octanol–water partition coefficient (Wildman–Crippen LogP) is 1.39. The molecule has 170 valence electrons. The number of aromatic nitrogens is 8. The minimum Gasteiger partial charge on any atom is -0.393 e. The number of aryl methyl sites for hydroxylation is 2. The Bertz CT molecular complexity index is 1630. The average molecular weight is 455 g/mol. The van der Waals surface area contributed by atoms with E-state index in [1.807, 2.05) is 35.3 Å². The Morgan fingerprint density at radius 2 is 1.97 bits per heavy atom. The third-order valence-electron chi connectivity index (χ3n) is 6.07. The van der Waals surface area contributed by atoms with Crippen molar-refractivity contribution in [2.75, 3.05) is 16.8 Å². The molecule has 0 amide bonds. The normalized spacial score (nSPS) is 12.9. The van der Waals surface area contributed by atoms with Crippen LogP contribution in [-0.4, -0.2) is 38.9 Å². The van der Waals surface area contributed by atoms with Gasteiger partial charge in [-0.1, -0.05) is 0 Å². The Balaban J connectivity index is 1.34. The highest BCUT2D eigenvalue weighted by Crippen LogP contribution is 2.26. The zero-order valence-electron chi connectivity index (χ0n) is 18.3. The molecule has 0 saturated heterocycles. The standard InChI is InChI=1S/C22H21N11O/c1-12-20(23)22(34)27-11-32(12)18-7-13-6-16(26-9-15(13)21(24)29-18)28-17-8-14-2-4-31-5-3-25-19(31)10-33(14)30-17/h3,5-9,11H,2,4,10,23H2,1H3,(H2,24,29)(H,26,28,30). The summed E-state index contributed by atoms with van der Waals surface area (Å²) in [6.45, 7) is 3.22. The molecule has 0 fully saturated rings. The molecule has 34 heavy (non-hydrogen) atoms. The van der Waals surface area contributed by atoms with E-state index in [2.05, 4.69) is 29.8 Å². The summed E-state index contributed by atoms with van der Waals surface area (Å²) in [7, 11) is 0. The Morgan fingerprint density at radius 3 is 2.85 bits per heavy atom. The van der Waals surface area contributed by atoms with E-state index in [-0.39, 0.29) is 5.69 Å². The Morgan fingerprint density at radius 1 is 1.09 bits per heavy atom. The summed E-state index contributed by atoms with van der Waals surface area (Å²) in [5.74, 6) is 3.13. The number of nitrogens with two attached hydrogens (primary N) is 2. The van der Waals surface area contributed by atoms with Crippen LogP contribution in [0, 0.1) is 6.92 Å². The molecule has 6 heterocycles. The van der Waals surface area contributed by atoms with E-state index in [0.29, 0.717) is 40.9 Å². The third kappa shape index (κ3) is 3.23. The summed E-state index contributed by atoms with van der Waals surface area (Å²) in [5, 5.41) is 9.51. The van der Waals surface area contributed by atoms with Crippen molar-refractivity contribution in [2.24, 2.45) is 0 Å². The molecule has 0 aliphatic carbocycles. The number of nitrogens with zero attached hydrogens (tertiary/aromatic N) is 8. The van der Waals surface area contributed by atoms with E-state index in [1.54, 1.807) is 17.7 Å². The van der Waals surface area contributed by atoms with Gasteiger partial charge in [-0.3, -0.25) is 14.0 Å². The van der Waals surface area contributed by atoms with Gasteiger partial charge in [-0.25, -0.2) is 15.0 Å². The van der Waals surface area contributed by atoms with E-state index >= 15 is 0 Å². The fourth-order valence-corrected chi connectivity index (χ4v) is 4.18. The van der Waals surface area contributed by atoms with Gasteiger partial charge in [0.1, 0.15) is 35.3 Å². The van der Waals surface area contributed by atoms with Gasteiger partial charge in [-0.2, -0.15) is 10.1 Å². The zero-order valence-corrected chi connectivity index (χ0v) is 18.3. The molecule has 5 aromatic heterocycles. The van der Waals surface area contributed by atoms with Crippen LogP contribution in [0.1, 0.15) is 17.2 Å². The maximum Gasteiger partial charge on any atom is 0.296 e. The fraction of sp³-hybridized carbons (Fsp3) is 0.182. The second kappa shape index (κ2) is 7.40. The van der Waals surface area contributed by atoms with Gasteiger partial charge in [-0.15, -0.1) is 0 Å². The summed E-state index contributed by atoms with van der Waals surface area (Å²) in [4.78, 5) is 28.9. The summed E-state index contributed by atoms with van der Waals surface area (Å²) in [6.07, 6.45) is 7.74. The number of hydrogen-bond acceptors (Lipinski definition) is 9. The lowest BCUT2D eigenvalue weighted by molar-refractivity contribution is 0.641. The van der Waals surface area contributed by atoms with Crippen molar-refractivity contribution >= 4 is 33.9 Å². The second-order valence-corrected chi connectivity index (χ2v) is 8.17. The first-order chi connectivity index (χ1) is 16.5. The van der Waals surface area contributed by atoms with Crippen LogP contribution in [0.2, 0.25) is 0 Å². The Labute approximate surface area is 192 Å². The summed E-state index contributed by atoms with van der Waals surface area (Å²) < 4.78 is 5.75. The van der Waals surface area contributed by atoms with Crippen molar-refractivity contribution in [2.45, 2.75) is 26.4 Å². The number of rotatable bonds is 3. The van der Waals surface area contributed by atoms with Crippen LogP contribution in [0.4, 0.5) is 23.1 Å². The van der Waals surface area contributed by atoms with E-state index in [4.69, 9.17) is 16.6 Å². The molecule has 0 aromatic carbocycles. The molecule has 0 spiro atoms. The van der Waals surface area contributed by atoms with Crippen LogP contribution in [0.15, 0.2) is 47.9 Å². The molecule has 12 nitrogen and oxygen atoms in total. The van der Waals surface area contributed by atoms with Gasteiger partial charge in [-0.05, 0) is 24.4 Å². The number of imidazole rings is 1. The van der Waals surface area contributed by atoms with Gasteiger partial charge < -0.3 is 21.4 Å². The monoisotopic (exact) mass is 455 g/mol. The van der Waals surface area contributed by atoms with Gasteiger partial charge in [0.05, 0.1) is 12.2 Å². The zero-order chi connectivity index (χ0) is 23.4. The van der Waals surface area contributed by atoms with Crippen LogP contribution in [0.25, 0.3) is 16.6 Å². The molecule has 0 radical (unpaired) electrons. The van der Waals surface area contributed by atoms with Crippen LogP contribution in [0.3, 0.4) is 0 Å². The van der Waals surface area contributed by atoms with E-state index in [9.17, 15) is 4.79 Å². The van der Waals surface area contributed by atoms with Crippen LogP contribution in [-0.2, 0) is 19.5 Å². The van der Waals surface area contributed by atoms with Crippen molar-refractivity contribution in [3.63, 3.8) is 0 Å². The number of pyridine rings is 2. The van der Waals surface area contributed by atoms with E-state index in [0.717, 1.165) is 29.9 Å².